The molecule has 7 nitrogen and oxygen atoms in total. The van der Waals surface area contributed by atoms with Gasteiger partial charge in [0.2, 0.25) is 0 Å². The second-order valence-corrected chi connectivity index (χ2v) is 7.77. The lowest BCUT2D eigenvalue weighted by Crippen LogP contribution is -2.14. The number of nitrogens with one attached hydrogen (secondary N) is 1. The van der Waals surface area contributed by atoms with Gasteiger partial charge in [-0.05, 0) is 30.2 Å². The maximum atomic E-state index is 12.7. The minimum Gasteiger partial charge on any atom is -0.481 e. The van der Waals surface area contributed by atoms with E-state index in [-0.39, 0.29) is 22.9 Å². The van der Waals surface area contributed by atoms with Crippen LogP contribution in [0.15, 0.2) is 47.4 Å². The Hall–Kier alpha value is -2.87. The number of aryl methyl sites for hydroxylation is 1. The van der Waals surface area contributed by atoms with Crippen LogP contribution in [0.4, 0.5) is 11.4 Å². The van der Waals surface area contributed by atoms with Gasteiger partial charge in [-0.15, -0.1) is 11.8 Å². The van der Waals surface area contributed by atoms with Crippen molar-refractivity contribution in [1.29, 1.82) is 0 Å². The fraction of sp³-hybridized carbons (Fsp3) is 0.263. The van der Waals surface area contributed by atoms with Crippen LogP contribution < -0.4 is 5.32 Å². The number of hydrogen-bond acceptors (Lipinski definition) is 5. The third-order valence-corrected chi connectivity index (χ3v) is 4.70. The number of non-ortho nitro benzene ring substituents is 1. The third-order valence-electron chi connectivity index (χ3n) is 3.62. The first-order valence-corrected chi connectivity index (χ1v) is 9.21. The molecule has 8 heteroatoms. The number of rotatable bonds is 8. The number of carboxylic acids is 1. The third kappa shape index (κ3) is 6.10. The number of nitrogens with zero attached hydrogens (tertiary/aromatic N) is 1. The van der Waals surface area contributed by atoms with E-state index in [1.807, 2.05) is 13.8 Å². The SMILES string of the molecule is CC(C)Sc1ccc([N+](=O)[O-])cc1C(=O)Nc1ccc(CCC(=O)O)cc1. The van der Waals surface area contributed by atoms with Crippen LogP contribution in [0.2, 0.25) is 0 Å². The molecule has 0 atom stereocenters. The minimum absolute atomic E-state index is 0.0369. The van der Waals surface area contributed by atoms with Crippen LogP contribution in [0, 0.1) is 10.1 Å². The highest BCUT2D eigenvalue weighted by Gasteiger charge is 2.18. The van der Waals surface area contributed by atoms with E-state index in [0.717, 1.165) is 5.56 Å². The van der Waals surface area contributed by atoms with Crippen LogP contribution in [0.25, 0.3) is 0 Å². The van der Waals surface area contributed by atoms with Crippen LogP contribution in [-0.4, -0.2) is 27.2 Å². The Morgan fingerprint density at radius 2 is 1.85 bits per heavy atom. The number of amides is 1. The Bertz CT molecular complexity index is 850. The Morgan fingerprint density at radius 3 is 2.41 bits per heavy atom. The lowest BCUT2D eigenvalue weighted by Gasteiger charge is -2.12. The monoisotopic (exact) mass is 388 g/mol. The summed E-state index contributed by atoms with van der Waals surface area (Å²) in [5, 5.41) is 22.7. The lowest BCUT2D eigenvalue weighted by molar-refractivity contribution is -0.384. The first-order valence-electron chi connectivity index (χ1n) is 8.33. The van der Waals surface area contributed by atoms with Gasteiger partial charge in [0, 0.05) is 34.4 Å². The summed E-state index contributed by atoms with van der Waals surface area (Å²) < 4.78 is 0. The molecule has 0 saturated heterocycles. The zero-order chi connectivity index (χ0) is 20.0. The molecule has 2 aromatic rings. The Kier molecular flexibility index (Phi) is 6.95. The number of nitro groups is 1. The Morgan fingerprint density at radius 1 is 1.19 bits per heavy atom. The summed E-state index contributed by atoms with van der Waals surface area (Å²) in [6, 6.07) is 11.1. The maximum Gasteiger partial charge on any atom is 0.303 e. The van der Waals surface area contributed by atoms with E-state index in [1.165, 1.54) is 23.9 Å². The predicted molar refractivity (Wildman–Crippen MR) is 104 cm³/mol. The summed E-state index contributed by atoms with van der Waals surface area (Å²) in [6.45, 7) is 3.95. The van der Waals surface area contributed by atoms with Crippen LogP contribution in [-0.2, 0) is 11.2 Å². The van der Waals surface area contributed by atoms with E-state index in [9.17, 15) is 19.7 Å². The average molecular weight is 388 g/mol. The van der Waals surface area contributed by atoms with E-state index < -0.39 is 16.8 Å². The van der Waals surface area contributed by atoms with Crippen molar-refractivity contribution in [3.05, 3.63) is 63.7 Å². The van der Waals surface area contributed by atoms with Crippen molar-refractivity contribution in [2.24, 2.45) is 0 Å². The highest BCUT2D eigenvalue weighted by Crippen LogP contribution is 2.30. The molecule has 0 aromatic heterocycles. The number of carboxylic acid groups (broad SMARTS) is 1. The van der Waals surface area contributed by atoms with Crippen LogP contribution in [0.1, 0.15) is 36.2 Å². The number of nitro benzene ring substituents is 1. The summed E-state index contributed by atoms with van der Waals surface area (Å²) in [5.74, 6) is -1.30. The van der Waals surface area contributed by atoms with Crippen LogP contribution in [0.3, 0.4) is 0 Å². The van der Waals surface area contributed by atoms with Crippen molar-refractivity contribution >= 4 is 35.0 Å². The molecule has 0 radical (unpaired) electrons. The number of thioether (sulfide) groups is 1. The van der Waals surface area contributed by atoms with Gasteiger partial charge in [-0.2, -0.15) is 0 Å². The molecule has 2 aromatic carbocycles. The largest absolute Gasteiger partial charge is 0.481 e. The summed E-state index contributed by atoms with van der Waals surface area (Å²) in [4.78, 5) is 34.5. The highest BCUT2D eigenvalue weighted by molar-refractivity contribution is 8.00. The van der Waals surface area contributed by atoms with Gasteiger partial charge in [-0.25, -0.2) is 0 Å². The van der Waals surface area contributed by atoms with E-state index in [4.69, 9.17) is 5.11 Å². The molecule has 0 aliphatic heterocycles. The Labute approximate surface area is 160 Å². The van der Waals surface area contributed by atoms with Crippen molar-refractivity contribution in [3.8, 4) is 0 Å². The van der Waals surface area contributed by atoms with Gasteiger partial charge in [-0.1, -0.05) is 26.0 Å². The standard InChI is InChI=1S/C19H20N2O5S/c1-12(2)27-17-9-8-15(21(25)26)11-16(17)19(24)20-14-6-3-13(4-7-14)5-10-18(22)23/h3-4,6-9,11-12H,5,10H2,1-2H3,(H,20,24)(H,22,23). The second-order valence-electron chi connectivity index (χ2n) is 6.15. The minimum atomic E-state index is -0.867. The molecule has 0 aliphatic carbocycles. The number of aliphatic carboxylic acids is 1. The normalized spacial score (nSPS) is 10.6. The fourth-order valence-electron chi connectivity index (χ4n) is 2.37. The summed E-state index contributed by atoms with van der Waals surface area (Å²) in [5.41, 5.74) is 1.49. The van der Waals surface area contributed by atoms with E-state index in [1.54, 1.807) is 30.3 Å². The molecule has 1 amide bonds. The highest BCUT2D eigenvalue weighted by atomic mass is 32.2. The summed E-state index contributed by atoms with van der Waals surface area (Å²) in [7, 11) is 0. The van der Waals surface area contributed by atoms with Gasteiger partial charge in [0.05, 0.1) is 10.5 Å². The molecule has 142 valence electrons. The maximum absolute atomic E-state index is 12.7. The van der Waals surface area contributed by atoms with Crippen LogP contribution >= 0.6 is 11.8 Å². The molecule has 0 unspecified atom stereocenters. The fourth-order valence-corrected chi connectivity index (χ4v) is 3.30. The van der Waals surface area contributed by atoms with E-state index in [0.29, 0.717) is 17.0 Å². The van der Waals surface area contributed by atoms with Crippen molar-refractivity contribution in [2.45, 2.75) is 36.8 Å². The summed E-state index contributed by atoms with van der Waals surface area (Å²) >= 11 is 1.46. The van der Waals surface area contributed by atoms with E-state index in [2.05, 4.69) is 5.32 Å². The smallest absolute Gasteiger partial charge is 0.303 e. The number of benzene rings is 2. The first-order chi connectivity index (χ1) is 12.8. The van der Waals surface area contributed by atoms with Crippen molar-refractivity contribution in [1.82, 2.24) is 0 Å². The predicted octanol–water partition coefficient (Wildman–Crippen LogP) is 4.36. The average Bonchev–Trinajstić information content (AvgIpc) is 2.60. The topological polar surface area (TPSA) is 110 Å². The van der Waals surface area contributed by atoms with Gasteiger partial charge in [0.25, 0.3) is 11.6 Å². The number of hydrogen-bond donors (Lipinski definition) is 2. The molecular formula is C19H20N2O5S. The Balaban J connectivity index is 2.19. The van der Waals surface area contributed by atoms with E-state index >= 15 is 0 Å². The van der Waals surface area contributed by atoms with Crippen molar-refractivity contribution in [2.75, 3.05) is 5.32 Å². The molecule has 27 heavy (non-hydrogen) atoms. The molecule has 0 spiro atoms. The lowest BCUT2D eigenvalue weighted by atomic mass is 10.1. The number of anilines is 1. The molecule has 0 heterocycles. The quantitative estimate of drug-likeness (QED) is 0.395. The molecule has 0 aliphatic rings. The number of carbonyl (C=O) groups is 2. The molecule has 0 bridgehead atoms. The molecule has 2 N–H and O–H groups in total. The van der Waals surface area contributed by atoms with Crippen molar-refractivity contribution < 1.29 is 19.6 Å². The van der Waals surface area contributed by atoms with Gasteiger partial charge < -0.3 is 10.4 Å². The number of carbonyl (C=O) groups excluding carboxylic acids is 1. The molecule has 0 fully saturated rings. The van der Waals surface area contributed by atoms with Crippen LogP contribution in [0.5, 0.6) is 0 Å². The molecule has 0 saturated carbocycles. The first kappa shape index (κ1) is 20.4. The summed E-state index contributed by atoms with van der Waals surface area (Å²) in [6.07, 6.45) is 0.443. The van der Waals surface area contributed by atoms with Gasteiger partial charge in [-0.3, -0.25) is 19.7 Å². The molecular weight excluding hydrogens is 368 g/mol. The second kappa shape index (κ2) is 9.18. The van der Waals surface area contributed by atoms with Gasteiger partial charge in [0.15, 0.2) is 0 Å². The van der Waals surface area contributed by atoms with Gasteiger partial charge in [0.1, 0.15) is 0 Å². The van der Waals surface area contributed by atoms with Gasteiger partial charge >= 0.3 is 5.97 Å². The van der Waals surface area contributed by atoms with Crippen molar-refractivity contribution in [3.63, 3.8) is 0 Å². The zero-order valence-corrected chi connectivity index (χ0v) is 15.8. The molecule has 2 rings (SSSR count). The zero-order valence-electron chi connectivity index (χ0n) is 15.0.